The lowest BCUT2D eigenvalue weighted by molar-refractivity contribution is -0.0770. The molecule has 0 spiro atoms. The van der Waals surface area contributed by atoms with Gasteiger partial charge in [0.25, 0.3) is 0 Å². The maximum absolute atomic E-state index is 4.82. The van der Waals surface area contributed by atoms with E-state index >= 15 is 0 Å². The highest BCUT2D eigenvalue weighted by atomic mass is 32.2. The zero-order chi connectivity index (χ0) is 9.94. The summed E-state index contributed by atoms with van der Waals surface area (Å²) in [4.78, 5) is 4.82. The predicted molar refractivity (Wildman–Crippen MR) is 57.6 cm³/mol. The Kier molecular flexibility index (Phi) is 8.93. The summed E-state index contributed by atoms with van der Waals surface area (Å²) in [5.41, 5.74) is 0. The molecule has 13 heavy (non-hydrogen) atoms. The van der Waals surface area contributed by atoms with E-state index in [0.717, 1.165) is 5.75 Å². The molecule has 2 nitrogen and oxygen atoms in total. The molecular weight excluding hydrogens is 184 g/mol. The van der Waals surface area contributed by atoms with Gasteiger partial charge < -0.3 is 4.89 Å². The van der Waals surface area contributed by atoms with E-state index in [0.29, 0.717) is 0 Å². The summed E-state index contributed by atoms with van der Waals surface area (Å²) >= 11 is 1.17. The van der Waals surface area contributed by atoms with Crippen LogP contribution in [0.1, 0.15) is 20.3 Å². The zero-order valence-electron chi connectivity index (χ0n) is 8.32. The van der Waals surface area contributed by atoms with Crippen LogP contribution < -0.4 is 4.89 Å². The van der Waals surface area contributed by atoms with Gasteiger partial charge in [0.05, 0.1) is 0 Å². The highest BCUT2D eigenvalue weighted by Gasteiger charge is 1.88. The van der Waals surface area contributed by atoms with E-state index in [4.69, 9.17) is 4.89 Å². The molecule has 0 unspecified atom stereocenters. The van der Waals surface area contributed by atoms with Gasteiger partial charge in [-0.3, -0.25) is 0 Å². The van der Waals surface area contributed by atoms with Gasteiger partial charge in [0.15, 0.2) is 5.75 Å². The van der Waals surface area contributed by atoms with Gasteiger partial charge in [-0.05, 0) is 12.1 Å². The molecule has 0 saturated heterocycles. The maximum Gasteiger partial charge on any atom is 0.166 e. The van der Waals surface area contributed by atoms with Crippen molar-refractivity contribution in [3.8, 4) is 5.75 Å². The molecule has 0 aliphatic carbocycles. The first-order valence-corrected chi connectivity index (χ1v) is 5.42. The second-order valence-corrected chi connectivity index (χ2v) is 2.81. The lowest BCUT2D eigenvalue weighted by Crippen LogP contribution is -1.86. The van der Waals surface area contributed by atoms with Gasteiger partial charge in [-0.1, -0.05) is 38.5 Å². The van der Waals surface area contributed by atoms with Crippen LogP contribution >= 0.6 is 12.0 Å². The molecule has 0 heterocycles. The van der Waals surface area contributed by atoms with E-state index in [1.54, 1.807) is 6.26 Å². The van der Waals surface area contributed by atoms with Crippen molar-refractivity contribution >= 4 is 12.0 Å². The Labute approximate surface area is 84.4 Å². The molecule has 0 aromatic heterocycles. The van der Waals surface area contributed by atoms with E-state index in [1.165, 1.54) is 18.5 Å². The van der Waals surface area contributed by atoms with Crippen molar-refractivity contribution < 1.29 is 9.22 Å². The zero-order valence-corrected chi connectivity index (χ0v) is 9.14. The number of benzene rings is 1. The normalized spacial score (nSPS) is 8.54. The van der Waals surface area contributed by atoms with Crippen molar-refractivity contribution in [2.45, 2.75) is 20.3 Å². The molecule has 74 valence electrons. The van der Waals surface area contributed by atoms with E-state index < -0.39 is 0 Å². The standard InChI is InChI=1S/C7H8O2S.C3H8/c1-10-9-8-7-5-3-2-4-6-7;1-3-2/h2-6H,1H3;3H2,1-2H3. The molecule has 0 amide bonds. The first-order chi connectivity index (χ1) is 6.35. The summed E-state index contributed by atoms with van der Waals surface area (Å²) in [7, 11) is 0. The van der Waals surface area contributed by atoms with Crippen molar-refractivity contribution in [2.24, 2.45) is 0 Å². The van der Waals surface area contributed by atoms with Gasteiger partial charge in [-0.15, -0.1) is 4.33 Å². The number of hydrogen-bond donors (Lipinski definition) is 0. The maximum atomic E-state index is 4.82. The second kappa shape index (κ2) is 9.42. The van der Waals surface area contributed by atoms with Crippen LogP contribution in [0.3, 0.4) is 0 Å². The number of hydrogen-bond acceptors (Lipinski definition) is 3. The van der Waals surface area contributed by atoms with Crippen LogP contribution in [-0.4, -0.2) is 6.26 Å². The molecule has 1 aromatic carbocycles. The molecular formula is C10H16O2S. The lowest BCUT2D eigenvalue weighted by Gasteiger charge is -1.98. The van der Waals surface area contributed by atoms with Gasteiger partial charge in [0.2, 0.25) is 0 Å². The first kappa shape index (κ1) is 12.3. The Morgan fingerprint density at radius 3 is 2.15 bits per heavy atom. The first-order valence-electron chi connectivity index (χ1n) is 4.27. The predicted octanol–water partition coefficient (Wildman–Crippen LogP) is 3.69. The molecule has 0 aliphatic heterocycles. The molecule has 0 saturated carbocycles. The minimum Gasteiger partial charge on any atom is -0.325 e. The van der Waals surface area contributed by atoms with Gasteiger partial charge >= 0.3 is 0 Å². The van der Waals surface area contributed by atoms with Crippen molar-refractivity contribution in [1.82, 2.24) is 0 Å². The fourth-order valence-corrected chi connectivity index (χ4v) is 0.696. The van der Waals surface area contributed by atoms with Crippen molar-refractivity contribution in [3.63, 3.8) is 0 Å². The molecule has 1 aromatic rings. The summed E-state index contributed by atoms with van der Waals surface area (Å²) in [6.07, 6.45) is 3.04. The molecule has 0 bridgehead atoms. The Bertz CT molecular complexity index is 189. The minimum atomic E-state index is 0.719. The Morgan fingerprint density at radius 2 is 1.69 bits per heavy atom. The van der Waals surface area contributed by atoms with Gasteiger partial charge in [0, 0.05) is 18.3 Å². The number of para-hydroxylation sites is 1. The molecule has 0 aliphatic rings. The average Bonchev–Trinajstić information content (AvgIpc) is 2.18. The summed E-state index contributed by atoms with van der Waals surface area (Å²) in [6, 6.07) is 9.36. The van der Waals surface area contributed by atoms with Gasteiger partial charge in [-0.2, -0.15) is 0 Å². The summed E-state index contributed by atoms with van der Waals surface area (Å²) in [5.74, 6) is 0.719. The summed E-state index contributed by atoms with van der Waals surface area (Å²) in [6.45, 7) is 4.25. The van der Waals surface area contributed by atoms with Crippen molar-refractivity contribution in [3.05, 3.63) is 30.3 Å². The monoisotopic (exact) mass is 200 g/mol. The molecule has 0 atom stereocenters. The third kappa shape index (κ3) is 7.68. The van der Waals surface area contributed by atoms with Gasteiger partial charge in [0.1, 0.15) is 0 Å². The van der Waals surface area contributed by atoms with Crippen LogP contribution in [0.25, 0.3) is 0 Å². The Balaban J connectivity index is 0.000000424. The van der Waals surface area contributed by atoms with Crippen LogP contribution in [0.5, 0.6) is 5.75 Å². The van der Waals surface area contributed by atoms with Crippen LogP contribution in [0.4, 0.5) is 0 Å². The Morgan fingerprint density at radius 1 is 1.15 bits per heavy atom. The van der Waals surface area contributed by atoms with Crippen LogP contribution in [-0.2, 0) is 4.33 Å². The third-order valence-electron chi connectivity index (χ3n) is 0.941. The van der Waals surface area contributed by atoms with Crippen LogP contribution in [0, 0.1) is 0 Å². The Hall–Kier alpha value is -0.670. The molecule has 0 fully saturated rings. The quantitative estimate of drug-likeness (QED) is 0.421. The number of rotatable bonds is 3. The SMILES string of the molecule is CCC.CSOOc1ccccc1. The summed E-state index contributed by atoms with van der Waals surface area (Å²) < 4.78 is 4.64. The fraction of sp³-hybridized carbons (Fsp3) is 0.400. The third-order valence-corrected chi connectivity index (χ3v) is 1.15. The summed E-state index contributed by atoms with van der Waals surface area (Å²) in [5, 5.41) is 0. The highest BCUT2D eigenvalue weighted by Crippen LogP contribution is 2.10. The van der Waals surface area contributed by atoms with Crippen molar-refractivity contribution in [1.29, 1.82) is 0 Å². The van der Waals surface area contributed by atoms with Crippen molar-refractivity contribution in [2.75, 3.05) is 6.26 Å². The van der Waals surface area contributed by atoms with E-state index in [9.17, 15) is 0 Å². The van der Waals surface area contributed by atoms with Crippen LogP contribution in [0.15, 0.2) is 30.3 Å². The van der Waals surface area contributed by atoms with E-state index in [1.807, 2.05) is 30.3 Å². The van der Waals surface area contributed by atoms with E-state index in [2.05, 4.69) is 18.2 Å². The molecule has 1 rings (SSSR count). The molecule has 0 radical (unpaired) electrons. The average molecular weight is 200 g/mol. The second-order valence-electron chi connectivity index (χ2n) is 2.34. The van der Waals surface area contributed by atoms with E-state index in [-0.39, 0.29) is 0 Å². The lowest BCUT2D eigenvalue weighted by atomic mass is 10.3. The smallest absolute Gasteiger partial charge is 0.166 e. The molecule has 0 N–H and O–H groups in total. The van der Waals surface area contributed by atoms with Crippen LogP contribution in [0.2, 0.25) is 0 Å². The topological polar surface area (TPSA) is 18.5 Å². The largest absolute Gasteiger partial charge is 0.325 e. The minimum absolute atomic E-state index is 0.719. The highest BCUT2D eigenvalue weighted by molar-refractivity contribution is 7.93. The molecule has 3 heteroatoms. The van der Waals surface area contributed by atoms with Gasteiger partial charge in [-0.25, -0.2) is 0 Å². The fourth-order valence-electron chi connectivity index (χ4n) is 0.549.